The minimum atomic E-state index is -0.533. The number of hydrogen-bond acceptors (Lipinski definition) is 4. The zero-order chi connectivity index (χ0) is 16.9. The number of rotatable bonds is 3. The standard InChI is InChI=1S/C18H19N3O3/c1-24-18(23)21-14-8-6-13(7-9-14)20-17(22)16-15-5-3-2-4-12(15)10-11-19-16/h2-9,16,19H,10-11H2,1H3,(H,20,22)(H,21,23)/t16-/m0/s1. The number of benzene rings is 2. The lowest BCUT2D eigenvalue weighted by Crippen LogP contribution is -2.38. The van der Waals surface area contributed by atoms with E-state index in [-0.39, 0.29) is 11.9 Å². The van der Waals surface area contributed by atoms with Gasteiger partial charge in [-0.15, -0.1) is 0 Å². The van der Waals surface area contributed by atoms with Crippen LogP contribution in [-0.2, 0) is 16.0 Å². The predicted molar refractivity (Wildman–Crippen MR) is 92.0 cm³/mol. The molecule has 24 heavy (non-hydrogen) atoms. The molecule has 1 atom stereocenters. The number of carbonyl (C=O) groups excluding carboxylic acids is 2. The van der Waals surface area contributed by atoms with E-state index >= 15 is 0 Å². The Morgan fingerprint density at radius 2 is 1.71 bits per heavy atom. The smallest absolute Gasteiger partial charge is 0.411 e. The van der Waals surface area contributed by atoms with Crippen molar-refractivity contribution < 1.29 is 14.3 Å². The maximum absolute atomic E-state index is 12.6. The van der Waals surface area contributed by atoms with Crippen LogP contribution >= 0.6 is 0 Å². The predicted octanol–water partition coefficient (Wildman–Crippen LogP) is 2.69. The second-order valence-electron chi connectivity index (χ2n) is 5.52. The summed E-state index contributed by atoms with van der Waals surface area (Å²) in [5.74, 6) is -0.101. The van der Waals surface area contributed by atoms with Gasteiger partial charge in [-0.25, -0.2) is 4.79 Å². The van der Waals surface area contributed by atoms with Gasteiger partial charge in [-0.05, 0) is 41.8 Å². The second kappa shape index (κ2) is 7.14. The molecule has 0 fully saturated rings. The summed E-state index contributed by atoms with van der Waals surface area (Å²) in [4.78, 5) is 23.7. The van der Waals surface area contributed by atoms with Crippen LogP contribution in [0.1, 0.15) is 17.2 Å². The maximum Gasteiger partial charge on any atom is 0.411 e. The Morgan fingerprint density at radius 1 is 1.04 bits per heavy atom. The van der Waals surface area contributed by atoms with E-state index in [4.69, 9.17) is 0 Å². The van der Waals surface area contributed by atoms with E-state index < -0.39 is 6.09 Å². The molecule has 0 aromatic heterocycles. The SMILES string of the molecule is COC(=O)Nc1ccc(NC(=O)[C@H]2NCCc3ccccc32)cc1. The average molecular weight is 325 g/mol. The molecule has 0 saturated carbocycles. The summed E-state index contributed by atoms with van der Waals surface area (Å²) in [6, 6.07) is 14.5. The lowest BCUT2D eigenvalue weighted by atomic mass is 9.94. The van der Waals surface area contributed by atoms with Crippen molar-refractivity contribution in [2.24, 2.45) is 0 Å². The molecular weight excluding hydrogens is 306 g/mol. The maximum atomic E-state index is 12.6. The second-order valence-corrected chi connectivity index (χ2v) is 5.52. The van der Waals surface area contributed by atoms with Gasteiger partial charge in [-0.2, -0.15) is 0 Å². The molecule has 0 aliphatic carbocycles. The Balaban J connectivity index is 1.68. The minimum absolute atomic E-state index is 0.101. The zero-order valence-corrected chi connectivity index (χ0v) is 13.3. The molecule has 1 aliphatic rings. The van der Waals surface area contributed by atoms with E-state index in [1.807, 2.05) is 18.2 Å². The molecule has 6 nitrogen and oxygen atoms in total. The van der Waals surface area contributed by atoms with E-state index in [9.17, 15) is 9.59 Å². The first kappa shape index (κ1) is 16.0. The van der Waals surface area contributed by atoms with Crippen molar-refractivity contribution in [3.8, 4) is 0 Å². The molecule has 0 bridgehead atoms. The van der Waals surface area contributed by atoms with Crippen LogP contribution in [0.15, 0.2) is 48.5 Å². The first-order valence-electron chi connectivity index (χ1n) is 7.74. The molecule has 0 unspecified atom stereocenters. The summed E-state index contributed by atoms with van der Waals surface area (Å²) in [5.41, 5.74) is 3.49. The Kier molecular flexibility index (Phi) is 4.77. The monoisotopic (exact) mass is 325 g/mol. The average Bonchev–Trinajstić information content (AvgIpc) is 2.62. The van der Waals surface area contributed by atoms with Crippen molar-refractivity contribution in [2.45, 2.75) is 12.5 Å². The first-order chi connectivity index (χ1) is 11.7. The van der Waals surface area contributed by atoms with Gasteiger partial charge < -0.3 is 15.4 Å². The van der Waals surface area contributed by atoms with Crippen molar-refractivity contribution in [1.29, 1.82) is 0 Å². The summed E-state index contributed by atoms with van der Waals surface area (Å²) in [6.45, 7) is 0.775. The van der Waals surface area contributed by atoms with Crippen LogP contribution < -0.4 is 16.0 Å². The Hall–Kier alpha value is -2.86. The summed E-state index contributed by atoms with van der Waals surface area (Å²) < 4.78 is 4.53. The third-order valence-corrected chi connectivity index (χ3v) is 3.96. The molecule has 6 heteroatoms. The third-order valence-electron chi connectivity index (χ3n) is 3.96. The summed E-state index contributed by atoms with van der Waals surface area (Å²) in [5, 5.41) is 8.72. The van der Waals surface area contributed by atoms with Crippen LogP contribution in [0.25, 0.3) is 0 Å². The van der Waals surface area contributed by atoms with Gasteiger partial charge in [0.2, 0.25) is 5.91 Å². The van der Waals surface area contributed by atoms with E-state index in [1.165, 1.54) is 12.7 Å². The Bertz CT molecular complexity index is 743. The number of anilines is 2. The van der Waals surface area contributed by atoms with E-state index in [0.29, 0.717) is 11.4 Å². The van der Waals surface area contributed by atoms with Gasteiger partial charge in [-0.3, -0.25) is 10.1 Å². The highest BCUT2D eigenvalue weighted by atomic mass is 16.5. The molecule has 0 spiro atoms. The van der Waals surface area contributed by atoms with Gasteiger partial charge in [0, 0.05) is 17.9 Å². The lowest BCUT2D eigenvalue weighted by molar-refractivity contribution is -0.118. The van der Waals surface area contributed by atoms with Gasteiger partial charge in [0.1, 0.15) is 6.04 Å². The molecule has 1 heterocycles. The fourth-order valence-corrected chi connectivity index (χ4v) is 2.76. The molecule has 3 N–H and O–H groups in total. The summed E-state index contributed by atoms with van der Waals surface area (Å²) >= 11 is 0. The summed E-state index contributed by atoms with van der Waals surface area (Å²) in [6.07, 6.45) is 0.392. The van der Waals surface area contributed by atoms with Crippen LogP contribution in [0.5, 0.6) is 0 Å². The highest BCUT2D eigenvalue weighted by Gasteiger charge is 2.25. The number of fused-ring (bicyclic) bond motifs is 1. The topological polar surface area (TPSA) is 79.5 Å². The number of amides is 2. The molecule has 2 amide bonds. The fraction of sp³-hybridized carbons (Fsp3) is 0.222. The molecule has 3 rings (SSSR count). The highest BCUT2D eigenvalue weighted by Crippen LogP contribution is 2.24. The molecule has 2 aromatic rings. The largest absolute Gasteiger partial charge is 0.453 e. The molecule has 0 radical (unpaired) electrons. The number of ether oxygens (including phenoxy) is 1. The molecule has 2 aromatic carbocycles. The highest BCUT2D eigenvalue weighted by molar-refractivity contribution is 5.96. The lowest BCUT2D eigenvalue weighted by Gasteiger charge is -2.26. The molecular formula is C18H19N3O3. The number of methoxy groups -OCH3 is 1. The van der Waals surface area contributed by atoms with Gasteiger partial charge in [-0.1, -0.05) is 24.3 Å². The van der Waals surface area contributed by atoms with Crippen LogP contribution in [0.4, 0.5) is 16.2 Å². The zero-order valence-electron chi connectivity index (χ0n) is 13.3. The van der Waals surface area contributed by atoms with Crippen LogP contribution in [0.3, 0.4) is 0 Å². The van der Waals surface area contributed by atoms with Crippen LogP contribution in [-0.4, -0.2) is 25.7 Å². The van der Waals surface area contributed by atoms with Gasteiger partial charge in [0.05, 0.1) is 7.11 Å². The third kappa shape index (κ3) is 3.55. The van der Waals surface area contributed by atoms with Crippen LogP contribution in [0.2, 0.25) is 0 Å². The molecule has 0 saturated heterocycles. The van der Waals surface area contributed by atoms with E-state index in [1.54, 1.807) is 24.3 Å². The molecule has 124 valence electrons. The number of hydrogen-bond donors (Lipinski definition) is 3. The molecule has 1 aliphatic heterocycles. The van der Waals surface area contributed by atoms with Crippen molar-refractivity contribution in [2.75, 3.05) is 24.3 Å². The van der Waals surface area contributed by atoms with Gasteiger partial charge >= 0.3 is 6.09 Å². The van der Waals surface area contributed by atoms with Crippen molar-refractivity contribution in [3.63, 3.8) is 0 Å². The quantitative estimate of drug-likeness (QED) is 0.810. The van der Waals surface area contributed by atoms with Crippen molar-refractivity contribution in [1.82, 2.24) is 5.32 Å². The van der Waals surface area contributed by atoms with E-state index in [0.717, 1.165) is 18.5 Å². The Morgan fingerprint density at radius 3 is 2.42 bits per heavy atom. The minimum Gasteiger partial charge on any atom is -0.453 e. The number of nitrogens with one attached hydrogen (secondary N) is 3. The first-order valence-corrected chi connectivity index (χ1v) is 7.74. The van der Waals surface area contributed by atoms with Gasteiger partial charge in [0.25, 0.3) is 0 Å². The number of carbonyl (C=O) groups is 2. The summed E-state index contributed by atoms with van der Waals surface area (Å²) in [7, 11) is 1.30. The van der Waals surface area contributed by atoms with Gasteiger partial charge in [0.15, 0.2) is 0 Å². The van der Waals surface area contributed by atoms with Crippen molar-refractivity contribution in [3.05, 3.63) is 59.7 Å². The Labute approximate surface area is 140 Å². The fourth-order valence-electron chi connectivity index (χ4n) is 2.76. The van der Waals surface area contributed by atoms with Crippen LogP contribution in [0, 0.1) is 0 Å². The van der Waals surface area contributed by atoms with Crippen molar-refractivity contribution >= 4 is 23.4 Å². The van der Waals surface area contributed by atoms with E-state index in [2.05, 4.69) is 26.8 Å². The normalized spacial score (nSPS) is 16.0.